The van der Waals surface area contributed by atoms with Crippen molar-refractivity contribution in [1.82, 2.24) is 5.32 Å². The first kappa shape index (κ1) is 24.5. The van der Waals surface area contributed by atoms with Crippen molar-refractivity contribution in [1.29, 1.82) is 0 Å². The van der Waals surface area contributed by atoms with E-state index in [0.717, 1.165) is 0 Å². The topological polar surface area (TPSA) is 105 Å². The van der Waals surface area contributed by atoms with E-state index in [1.165, 1.54) is 21.3 Å². The van der Waals surface area contributed by atoms with Gasteiger partial charge in [0.25, 0.3) is 0 Å². The molecule has 12 heteroatoms. The Morgan fingerprint density at radius 2 is 1.71 bits per heavy atom. The van der Waals surface area contributed by atoms with Crippen LogP contribution in [0.3, 0.4) is 0 Å². The zero-order valence-corrected chi connectivity index (χ0v) is 19.0. The molecule has 1 fully saturated rings. The quantitative estimate of drug-likeness (QED) is 0.438. The minimum atomic E-state index is -4.97. The van der Waals surface area contributed by atoms with Gasteiger partial charge in [0, 0.05) is 12.1 Å². The zero-order valence-electron chi connectivity index (χ0n) is 19.0. The highest BCUT2D eigenvalue weighted by Gasteiger charge is 2.46. The van der Waals surface area contributed by atoms with Gasteiger partial charge in [-0.05, 0) is 35.7 Å². The average Bonchev–Trinajstić information content (AvgIpc) is 3.50. The van der Waals surface area contributed by atoms with E-state index >= 15 is 0 Å². The van der Waals surface area contributed by atoms with Crippen molar-refractivity contribution in [2.75, 3.05) is 34.7 Å². The molecule has 2 aromatic carbocycles. The third-order valence-electron chi connectivity index (χ3n) is 5.64. The van der Waals surface area contributed by atoms with Gasteiger partial charge < -0.3 is 33.7 Å². The largest absolute Gasteiger partial charge is 0.493 e. The van der Waals surface area contributed by atoms with E-state index in [9.17, 15) is 22.8 Å². The fraction of sp³-hybridized carbons (Fsp3) is 0.391. The van der Waals surface area contributed by atoms with Crippen molar-refractivity contribution in [2.24, 2.45) is 0 Å². The van der Waals surface area contributed by atoms with Gasteiger partial charge in [-0.1, -0.05) is 6.07 Å². The summed E-state index contributed by atoms with van der Waals surface area (Å²) in [5.74, 6) is -1.26. The molecule has 9 nitrogen and oxygen atoms in total. The predicted molar refractivity (Wildman–Crippen MR) is 113 cm³/mol. The molecule has 4 rings (SSSR count). The lowest BCUT2D eigenvalue weighted by atomic mass is 9.94. The minimum absolute atomic E-state index is 0.000155. The Bertz CT molecular complexity index is 1150. The van der Waals surface area contributed by atoms with E-state index < -0.39 is 30.3 Å². The number of benzene rings is 2. The number of epoxide rings is 1. The number of hydrogen-bond acceptors (Lipinski definition) is 8. The summed E-state index contributed by atoms with van der Waals surface area (Å²) < 4.78 is 69.9. The van der Waals surface area contributed by atoms with Gasteiger partial charge in [0.1, 0.15) is 17.8 Å². The van der Waals surface area contributed by atoms with Crippen molar-refractivity contribution in [3.05, 3.63) is 46.5 Å². The monoisotopic (exact) mass is 497 g/mol. The molecular weight excluding hydrogens is 475 g/mol. The summed E-state index contributed by atoms with van der Waals surface area (Å²) in [7, 11) is 4.07. The number of nitrogens with one attached hydrogen (secondary N) is 1. The molecule has 1 saturated heterocycles. The Balaban J connectivity index is 1.64. The van der Waals surface area contributed by atoms with Crippen LogP contribution in [-0.2, 0) is 20.7 Å². The summed E-state index contributed by atoms with van der Waals surface area (Å²) in [6, 6.07) is 6.62. The normalized spacial score (nSPS) is 18.1. The maximum absolute atomic E-state index is 12.6. The van der Waals surface area contributed by atoms with E-state index in [-0.39, 0.29) is 31.1 Å². The lowest BCUT2D eigenvalue weighted by Gasteiger charge is -2.15. The molecule has 0 bridgehead atoms. The van der Waals surface area contributed by atoms with Crippen LogP contribution < -0.4 is 24.3 Å². The molecular formula is C23H22F3NO8. The van der Waals surface area contributed by atoms with Crippen LogP contribution in [0.2, 0.25) is 0 Å². The second kappa shape index (κ2) is 9.53. The summed E-state index contributed by atoms with van der Waals surface area (Å²) in [6.07, 6.45) is -6.01. The summed E-state index contributed by atoms with van der Waals surface area (Å²) in [5, 5.41) is 1.86. The number of methoxy groups -OCH3 is 3. The third kappa shape index (κ3) is 4.78. The molecule has 0 aliphatic carbocycles. The fourth-order valence-corrected chi connectivity index (χ4v) is 3.97. The lowest BCUT2D eigenvalue weighted by Crippen LogP contribution is -2.37. The molecule has 0 aromatic heterocycles. The predicted octanol–water partition coefficient (Wildman–Crippen LogP) is 3.25. The number of rotatable bonds is 8. The lowest BCUT2D eigenvalue weighted by molar-refractivity contribution is -0.173. The van der Waals surface area contributed by atoms with Crippen LogP contribution in [0.15, 0.2) is 24.3 Å². The van der Waals surface area contributed by atoms with Crippen molar-refractivity contribution in [3.8, 4) is 23.0 Å². The fourth-order valence-electron chi connectivity index (χ4n) is 3.97. The first-order chi connectivity index (χ1) is 16.7. The Morgan fingerprint density at radius 3 is 2.34 bits per heavy atom. The molecule has 2 aliphatic rings. The second-order valence-electron chi connectivity index (χ2n) is 7.64. The van der Waals surface area contributed by atoms with Gasteiger partial charge in [-0.2, -0.15) is 13.2 Å². The van der Waals surface area contributed by atoms with Crippen molar-refractivity contribution in [2.45, 2.75) is 24.8 Å². The average molecular weight is 497 g/mol. The Labute approximate surface area is 198 Å². The minimum Gasteiger partial charge on any atom is -0.493 e. The van der Waals surface area contributed by atoms with E-state index in [1.54, 1.807) is 24.3 Å². The van der Waals surface area contributed by atoms with Crippen LogP contribution in [0, 0.1) is 0 Å². The summed E-state index contributed by atoms with van der Waals surface area (Å²) in [5.41, 5.74) is 1.87. The summed E-state index contributed by atoms with van der Waals surface area (Å²) in [4.78, 5) is 23.8. The van der Waals surface area contributed by atoms with Gasteiger partial charge in [-0.3, -0.25) is 4.79 Å². The van der Waals surface area contributed by atoms with Crippen LogP contribution in [0.4, 0.5) is 13.2 Å². The van der Waals surface area contributed by atoms with Gasteiger partial charge in [0.2, 0.25) is 6.79 Å². The zero-order chi connectivity index (χ0) is 25.3. The van der Waals surface area contributed by atoms with Crippen molar-refractivity contribution >= 4 is 11.9 Å². The van der Waals surface area contributed by atoms with Crippen LogP contribution in [0.25, 0.3) is 0 Å². The van der Waals surface area contributed by atoms with E-state index in [0.29, 0.717) is 33.9 Å². The van der Waals surface area contributed by atoms with Crippen LogP contribution in [0.1, 0.15) is 39.3 Å². The highest BCUT2D eigenvalue weighted by Crippen LogP contribution is 2.56. The molecule has 0 spiro atoms. The van der Waals surface area contributed by atoms with Gasteiger partial charge >= 0.3 is 18.1 Å². The first-order valence-electron chi connectivity index (χ1n) is 10.5. The molecule has 35 heavy (non-hydrogen) atoms. The van der Waals surface area contributed by atoms with E-state index in [4.69, 9.17) is 28.4 Å². The van der Waals surface area contributed by atoms with Crippen LogP contribution in [-0.4, -0.2) is 52.7 Å². The third-order valence-corrected chi connectivity index (χ3v) is 5.64. The van der Waals surface area contributed by atoms with E-state index in [2.05, 4.69) is 0 Å². The molecule has 188 valence electrons. The Kier molecular flexibility index (Phi) is 6.66. The number of alkyl halides is 3. The van der Waals surface area contributed by atoms with Gasteiger partial charge in [-0.25, -0.2) is 4.79 Å². The molecule has 0 radical (unpaired) electrons. The van der Waals surface area contributed by atoms with Gasteiger partial charge in [0.15, 0.2) is 23.0 Å². The number of carbonyl (C=O) groups excluding carboxylic acids is 2. The highest BCUT2D eigenvalue weighted by molar-refractivity contribution is 5.95. The number of hydrogen-bond donors (Lipinski definition) is 1. The Morgan fingerprint density at radius 1 is 1.03 bits per heavy atom. The molecule has 2 aromatic rings. The maximum atomic E-state index is 12.6. The molecule has 1 N–H and O–H groups in total. The Hall–Kier alpha value is -3.67. The summed E-state index contributed by atoms with van der Waals surface area (Å²) in [6.45, 7) is -0.258. The smallest absolute Gasteiger partial charge is 0.471 e. The maximum Gasteiger partial charge on any atom is 0.471 e. The van der Waals surface area contributed by atoms with E-state index in [1.807, 2.05) is 5.32 Å². The van der Waals surface area contributed by atoms with Gasteiger partial charge in [0.05, 0.1) is 21.3 Å². The van der Waals surface area contributed by atoms with Crippen LogP contribution >= 0.6 is 0 Å². The van der Waals surface area contributed by atoms with Gasteiger partial charge in [-0.15, -0.1) is 0 Å². The number of amides is 1. The highest BCUT2D eigenvalue weighted by atomic mass is 19.4. The van der Waals surface area contributed by atoms with Crippen molar-refractivity contribution in [3.63, 3.8) is 0 Å². The standard InChI is InChI=1S/C23H22F3NO8/c1-30-14-5-4-12(17(20(14)31-2)21(28)32-3)18-19(35-18)13-9-16-15(33-10-34-16)8-11(13)6-7-27-22(29)23(24,25)26/h4-5,8-9,18-19H,6-7,10H2,1-3H3,(H,27,29)/t18-,19-/m0/s1. The number of halogens is 3. The molecule has 1 amide bonds. The number of esters is 1. The number of carbonyl (C=O) groups is 2. The molecule has 2 atom stereocenters. The molecule has 2 aliphatic heterocycles. The van der Waals surface area contributed by atoms with Crippen molar-refractivity contribution < 1.29 is 51.2 Å². The number of fused-ring (bicyclic) bond motifs is 1. The molecule has 0 saturated carbocycles. The summed E-state index contributed by atoms with van der Waals surface area (Å²) >= 11 is 0. The second-order valence-corrected chi connectivity index (χ2v) is 7.64. The SMILES string of the molecule is COC(=O)c1c([C@@H]2O[C@H]2c2cc3c(cc2CCNC(=O)C(F)(F)F)OCO3)ccc(OC)c1OC. The van der Waals surface area contributed by atoms with Crippen LogP contribution in [0.5, 0.6) is 23.0 Å². The molecule has 2 heterocycles. The first-order valence-corrected chi connectivity index (χ1v) is 10.5. The molecule has 0 unspecified atom stereocenters. The number of ether oxygens (including phenoxy) is 6.